The molecule has 0 saturated heterocycles. The Kier molecular flexibility index (Phi) is 4.85. The van der Waals surface area contributed by atoms with E-state index in [2.05, 4.69) is 27.3 Å². The number of pyridine rings is 1. The molecule has 20 heavy (non-hydrogen) atoms. The van der Waals surface area contributed by atoms with Gasteiger partial charge in [-0.25, -0.2) is 0 Å². The summed E-state index contributed by atoms with van der Waals surface area (Å²) in [6.07, 6.45) is 3.24. The number of amides is 1. The van der Waals surface area contributed by atoms with E-state index in [1.807, 2.05) is 32.3 Å². The van der Waals surface area contributed by atoms with Crippen molar-refractivity contribution in [3.05, 3.63) is 66.0 Å². The molecule has 0 aliphatic heterocycles. The molecular formula is C16H19N3O. The molecule has 1 N–H and O–H groups in total. The number of aromatic nitrogens is 1. The highest BCUT2D eigenvalue weighted by molar-refractivity contribution is 5.93. The summed E-state index contributed by atoms with van der Waals surface area (Å²) in [5.41, 5.74) is 1.82. The van der Waals surface area contributed by atoms with Crippen LogP contribution < -0.4 is 5.32 Å². The molecule has 4 nitrogen and oxygen atoms in total. The maximum absolute atomic E-state index is 12.0. The Morgan fingerprint density at radius 2 is 1.80 bits per heavy atom. The molecule has 0 aliphatic rings. The summed E-state index contributed by atoms with van der Waals surface area (Å²) < 4.78 is 0. The largest absolute Gasteiger partial charge is 0.350 e. The Bertz CT molecular complexity index is 540. The van der Waals surface area contributed by atoms with Gasteiger partial charge < -0.3 is 10.2 Å². The third kappa shape index (κ3) is 3.65. The first-order valence-corrected chi connectivity index (χ1v) is 6.58. The second-order valence-corrected chi connectivity index (χ2v) is 4.84. The van der Waals surface area contributed by atoms with Crippen molar-refractivity contribution in [3.8, 4) is 0 Å². The van der Waals surface area contributed by atoms with Gasteiger partial charge in [-0.15, -0.1) is 0 Å². The summed E-state index contributed by atoms with van der Waals surface area (Å²) in [7, 11) is 4.02. The molecule has 2 aromatic rings. The van der Waals surface area contributed by atoms with Crippen LogP contribution in [0.4, 0.5) is 0 Å². The van der Waals surface area contributed by atoms with E-state index < -0.39 is 0 Å². The van der Waals surface area contributed by atoms with Gasteiger partial charge in [0.2, 0.25) is 0 Å². The van der Waals surface area contributed by atoms with Crippen LogP contribution in [0.25, 0.3) is 0 Å². The van der Waals surface area contributed by atoms with Gasteiger partial charge in [-0.05, 0) is 31.8 Å². The number of hydrogen-bond donors (Lipinski definition) is 1. The second kappa shape index (κ2) is 6.82. The molecule has 0 unspecified atom stereocenters. The van der Waals surface area contributed by atoms with Gasteiger partial charge in [-0.2, -0.15) is 0 Å². The van der Waals surface area contributed by atoms with Crippen molar-refractivity contribution in [1.29, 1.82) is 0 Å². The third-order valence-corrected chi connectivity index (χ3v) is 3.21. The highest BCUT2D eigenvalue weighted by Gasteiger charge is 2.15. The number of carbonyl (C=O) groups is 1. The Balaban J connectivity index is 2.02. The highest BCUT2D eigenvalue weighted by atomic mass is 16.1. The molecule has 2 rings (SSSR count). The summed E-state index contributed by atoms with van der Waals surface area (Å²) in [4.78, 5) is 18.1. The van der Waals surface area contributed by atoms with E-state index in [1.54, 1.807) is 24.5 Å². The van der Waals surface area contributed by atoms with Crippen LogP contribution in [0.3, 0.4) is 0 Å². The topological polar surface area (TPSA) is 45.2 Å². The fourth-order valence-corrected chi connectivity index (χ4v) is 2.07. The van der Waals surface area contributed by atoms with Gasteiger partial charge in [0.05, 0.1) is 6.04 Å². The first kappa shape index (κ1) is 14.2. The average molecular weight is 269 g/mol. The summed E-state index contributed by atoms with van der Waals surface area (Å²) >= 11 is 0. The van der Waals surface area contributed by atoms with Crippen molar-refractivity contribution in [1.82, 2.24) is 15.2 Å². The van der Waals surface area contributed by atoms with Crippen LogP contribution in [0.15, 0.2) is 54.9 Å². The quantitative estimate of drug-likeness (QED) is 0.904. The van der Waals surface area contributed by atoms with Crippen molar-refractivity contribution in [3.63, 3.8) is 0 Å². The molecule has 104 valence electrons. The van der Waals surface area contributed by atoms with E-state index >= 15 is 0 Å². The lowest BCUT2D eigenvalue weighted by molar-refractivity contribution is 0.0942. The Morgan fingerprint density at radius 1 is 1.15 bits per heavy atom. The summed E-state index contributed by atoms with van der Waals surface area (Å²) in [5, 5.41) is 2.97. The minimum Gasteiger partial charge on any atom is -0.350 e. The monoisotopic (exact) mass is 269 g/mol. The Labute approximate surface area is 119 Å². The van der Waals surface area contributed by atoms with Crippen LogP contribution in [0.2, 0.25) is 0 Å². The fourth-order valence-electron chi connectivity index (χ4n) is 2.07. The summed E-state index contributed by atoms with van der Waals surface area (Å²) in [6, 6.07) is 13.7. The molecule has 0 saturated carbocycles. The molecule has 1 atom stereocenters. The molecule has 0 bridgehead atoms. The third-order valence-electron chi connectivity index (χ3n) is 3.21. The minimum atomic E-state index is -0.0739. The molecule has 0 spiro atoms. The van der Waals surface area contributed by atoms with E-state index in [0.29, 0.717) is 12.1 Å². The maximum Gasteiger partial charge on any atom is 0.251 e. The van der Waals surface area contributed by atoms with Gasteiger partial charge in [0.1, 0.15) is 0 Å². The number of hydrogen-bond acceptors (Lipinski definition) is 3. The van der Waals surface area contributed by atoms with E-state index in [0.717, 1.165) is 0 Å². The van der Waals surface area contributed by atoms with Crippen LogP contribution in [0, 0.1) is 0 Å². The van der Waals surface area contributed by atoms with E-state index in [1.165, 1.54) is 5.56 Å². The minimum absolute atomic E-state index is 0.0739. The van der Waals surface area contributed by atoms with E-state index in [4.69, 9.17) is 0 Å². The first-order chi connectivity index (χ1) is 9.68. The highest BCUT2D eigenvalue weighted by Crippen LogP contribution is 2.16. The van der Waals surface area contributed by atoms with E-state index in [9.17, 15) is 4.79 Å². The molecule has 0 aliphatic carbocycles. The Hall–Kier alpha value is -2.20. The van der Waals surface area contributed by atoms with Crippen LogP contribution >= 0.6 is 0 Å². The smallest absolute Gasteiger partial charge is 0.251 e. The number of likely N-dealkylation sites (N-methyl/N-ethyl adjacent to an activating group) is 1. The number of carbonyl (C=O) groups excluding carboxylic acids is 1. The van der Waals surface area contributed by atoms with Crippen molar-refractivity contribution >= 4 is 5.91 Å². The number of nitrogens with one attached hydrogen (secondary N) is 1. The predicted octanol–water partition coefficient (Wildman–Crippen LogP) is 2.11. The fraction of sp³-hybridized carbons (Fsp3) is 0.250. The second-order valence-electron chi connectivity index (χ2n) is 4.84. The maximum atomic E-state index is 12.0. The van der Waals surface area contributed by atoms with Gasteiger partial charge in [0, 0.05) is 24.5 Å². The van der Waals surface area contributed by atoms with Gasteiger partial charge >= 0.3 is 0 Å². The van der Waals surface area contributed by atoms with Gasteiger partial charge in [0.15, 0.2) is 0 Å². The number of benzene rings is 1. The number of rotatable bonds is 5. The molecule has 1 amide bonds. The standard InChI is InChI=1S/C16H19N3O/c1-19(2)15(13-6-4-3-5-7-13)12-18-16(20)14-8-10-17-11-9-14/h3-11,15H,12H2,1-2H3,(H,18,20)/t15-/m1/s1. The Morgan fingerprint density at radius 3 is 2.40 bits per heavy atom. The van der Waals surface area contributed by atoms with Crippen molar-refractivity contribution in [2.75, 3.05) is 20.6 Å². The van der Waals surface area contributed by atoms with Gasteiger partial charge in [0.25, 0.3) is 5.91 Å². The van der Waals surface area contributed by atoms with Crippen LogP contribution in [-0.4, -0.2) is 36.4 Å². The number of nitrogens with zero attached hydrogens (tertiary/aromatic N) is 2. The van der Waals surface area contributed by atoms with Crippen LogP contribution in [0.5, 0.6) is 0 Å². The molecule has 1 aromatic carbocycles. The van der Waals surface area contributed by atoms with Gasteiger partial charge in [-0.1, -0.05) is 30.3 Å². The zero-order valence-corrected chi connectivity index (χ0v) is 11.8. The molecule has 1 heterocycles. The van der Waals surface area contributed by atoms with Crippen LogP contribution in [0.1, 0.15) is 22.0 Å². The molecule has 0 radical (unpaired) electrons. The molecule has 4 heteroatoms. The van der Waals surface area contributed by atoms with Crippen molar-refractivity contribution < 1.29 is 4.79 Å². The summed E-state index contributed by atoms with van der Waals surface area (Å²) in [5.74, 6) is -0.0739. The van der Waals surface area contributed by atoms with Crippen molar-refractivity contribution in [2.24, 2.45) is 0 Å². The normalized spacial score (nSPS) is 12.2. The average Bonchev–Trinajstić information content (AvgIpc) is 2.49. The molecule has 0 fully saturated rings. The first-order valence-electron chi connectivity index (χ1n) is 6.58. The van der Waals surface area contributed by atoms with E-state index in [-0.39, 0.29) is 11.9 Å². The van der Waals surface area contributed by atoms with Crippen molar-refractivity contribution in [2.45, 2.75) is 6.04 Å². The zero-order valence-electron chi connectivity index (χ0n) is 11.8. The SMILES string of the molecule is CN(C)[C@H](CNC(=O)c1ccncc1)c1ccccc1. The molecule has 1 aromatic heterocycles. The lowest BCUT2D eigenvalue weighted by atomic mass is 10.1. The lowest BCUT2D eigenvalue weighted by Gasteiger charge is -2.25. The summed E-state index contributed by atoms with van der Waals surface area (Å²) in [6.45, 7) is 0.568. The molecular weight excluding hydrogens is 250 g/mol. The zero-order chi connectivity index (χ0) is 14.4. The van der Waals surface area contributed by atoms with Gasteiger partial charge in [-0.3, -0.25) is 9.78 Å². The van der Waals surface area contributed by atoms with Crippen LogP contribution in [-0.2, 0) is 0 Å². The lowest BCUT2D eigenvalue weighted by Crippen LogP contribution is -2.34. The predicted molar refractivity (Wildman–Crippen MR) is 79.4 cm³/mol.